The van der Waals surface area contributed by atoms with Gasteiger partial charge in [0.2, 0.25) is 0 Å². The van der Waals surface area contributed by atoms with Crippen LogP contribution >= 0.6 is 0 Å². The minimum absolute atomic E-state index is 0.599. The van der Waals surface area contributed by atoms with E-state index in [0.717, 1.165) is 16.6 Å². The lowest BCUT2D eigenvalue weighted by Gasteiger charge is -1.99. The maximum absolute atomic E-state index is 4.53. The van der Waals surface area contributed by atoms with Gasteiger partial charge < -0.3 is 0 Å². The van der Waals surface area contributed by atoms with Crippen molar-refractivity contribution in [3.05, 3.63) is 47.9 Å². The Hall–Kier alpha value is -2.30. The Bertz CT molecular complexity index is 603. The third kappa shape index (κ3) is 1.63. The summed E-state index contributed by atoms with van der Waals surface area (Å²) in [5.74, 6) is 0.655. The number of benzene rings is 1. The van der Waals surface area contributed by atoms with Crippen LogP contribution in [0.1, 0.15) is 11.5 Å². The van der Waals surface area contributed by atoms with Crippen LogP contribution in [0.5, 0.6) is 0 Å². The van der Waals surface area contributed by atoms with E-state index in [1.54, 1.807) is 0 Å². The predicted molar refractivity (Wildman–Crippen MR) is 58.7 cm³/mol. The summed E-state index contributed by atoms with van der Waals surface area (Å²) in [7, 11) is 0. The molecule has 0 unspecified atom stereocenters. The highest BCUT2D eigenvalue weighted by Gasteiger charge is 2.02. The molecule has 2 heterocycles. The van der Waals surface area contributed by atoms with Gasteiger partial charge in [-0.1, -0.05) is 29.5 Å². The molecule has 16 heavy (non-hydrogen) atoms. The van der Waals surface area contributed by atoms with Crippen molar-refractivity contribution in [2.45, 2.75) is 6.42 Å². The molecule has 0 aliphatic heterocycles. The maximum Gasteiger partial charge on any atom is 0.180 e. The molecule has 3 aromatic rings. The van der Waals surface area contributed by atoms with Crippen LogP contribution in [0, 0.1) is 0 Å². The minimum Gasteiger partial charge on any atom is -0.252 e. The monoisotopic (exact) mass is 211 g/mol. The standard InChI is InChI=1S/C11H9N5/c1-2-4-10-8(3-1)5-6-9(12-10)7-11-13-15-16-14-11/h1-6H,7H2,(H,13,14,15,16). The Kier molecular flexibility index (Phi) is 2.07. The lowest BCUT2D eigenvalue weighted by molar-refractivity contribution is 0.881. The van der Waals surface area contributed by atoms with E-state index in [-0.39, 0.29) is 0 Å². The quantitative estimate of drug-likeness (QED) is 0.694. The lowest BCUT2D eigenvalue weighted by atomic mass is 10.2. The predicted octanol–water partition coefficient (Wildman–Crippen LogP) is 1.34. The van der Waals surface area contributed by atoms with Crippen LogP contribution in [-0.2, 0) is 6.42 Å². The molecule has 1 aromatic carbocycles. The van der Waals surface area contributed by atoms with Crippen molar-refractivity contribution in [1.82, 2.24) is 25.6 Å². The van der Waals surface area contributed by atoms with Gasteiger partial charge in [0.05, 0.1) is 11.9 Å². The first-order chi connectivity index (χ1) is 7.92. The van der Waals surface area contributed by atoms with Crippen LogP contribution in [-0.4, -0.2) is 25.6 Å². The van der Waals surface area contributed by atoms with Crippen LogP contribution in [0.15, 0.2) is 36.4 Å². The average Bonchev–Trinajstić information content (AvgIpc) is 2.82. The third-order valence-electron chi connectivity index (χ3n) is 2.38. The number of fused-ring (bicyclic) bond motifs is 1. The van der Waals surface area contributed by atoms with Gasteiger partial charge in [0.15, 0.2) is 5.82 Å². The first-order valence-corrected chi connectivity index (χ1v) is 4.99. The average molecular weight is 211 g/mol. The summed E-state index contributed by atoms with van der Waals surface area (Å²) in [5.41, 5.74) is 1.93. The Morgan fingerprint density at radius 1 is 1.06 bits per heavy atom. The smallest absolute Gasteiger partial charge is 0.180 e. The van der Waals surface area contributed by atoms with E-state index in [4.69, 9.17) is 0 Å². The summed E-state index contributed by atoms with van der Waals surface area (Å²) in [6.45, 7) is 0. The van der Waals surface area contributed by atoms with Gasteiger partial charge in [-0.15, -0.1) is 10.2 Å². The first kappa shape index (κ1) is 8.96. The second kappa shape index (κ2) is 3.69. The molecule has 0 amide bonds. The number of hydrogen-bond donors (Lipinski definition) is 1. The van der Waals surface area contributed by atoms with Crippen molar-refractivity contribution in [1.29, 1.82) is 0 Å². The number of aromatic amines is 1. The van der Waals surface area contributed by atoms with Gasteiger partial charge in [0.25, 0.3) is 0 Å². The van der Waals surface area contributed by atoms with E-state index in [2.05, 4.69) is 31.7 Å². The van der Waals surface area contributed by atoms with Crippen molar-refractivity contribution >= 4 is 10.9 Å². The Labute approximate surface area is 91.5 Å². The zero-order valence-corrected chi connectivity index (χ0v) is 8.46. The van der Waals surface area contributed by atoms with Gasteiger partial charge in [-0.05, 0) is 12.1 Å². The number of H-pyrrole nitrogens is 1. The molecule has 0 bridgehead atoms. The highest BCUT2D eigenvalue weighted by molar-refractivity contribution is 5.78. The summed E-state index contributed by atoms with van der Waals surface area (Å²) in [5, 5.41) is 14.9. The molecule has 1 N–H and O–H groups in total. The van der Waals surface area contributed by atoms with Crippen LogP contribution in [0.25, 0.3) is 10.9 Å². The zero-order chi connectivity index (χ0) is 10.8. The number of tetrazole rings is 1. The second-order valence-corrected chi connectivity index (χ2v) is 3.50. The molecule has 0 radical (unpaired) electrons. The van der Waals surface area contributed by atoms with Crippen LogP contribution in [0.3, 0.4) is 0 Å². The molecule has 78 valence electrons. The molecule has 0 aliphatic carbocycles. The van der Waals surface area contributed by atoms with Crippen LogP contribution in [0.2, 0.25) is 0 Å². The van der Waals surface area contributed by atoms with Gasteiger partial charge >= 0.3 is 0 Å². The first-order valence-electron chi connectivity index (χ1n) is 4.99. The van der Waals surface area contributed by atoms with E-state index >= 15 is 0 Å². The fourth-order valence-electron chi connectivity index (χ4n) is 1.63. The fourth-order valence-corrected chi connectivity index (χ4v) is 1.63. The molecule has 0 aliphatic rings. The van der Waals surface area contributed by atoms with Crippen molar-refractivity contribution in [3.8, 4) is 0 Å². The molecular formula is C11H9N5. The minimum atomic E-state index is 0.599. The largest absolute Gasteiger partial charge is 0.252 e. The topological polar surface area (TPSA) is 67.3 Å². The Balaban J connectivity index is 1.99. The second-order valence-electron chi connectivity index (χ2n) is 3.50. The van der Waals surface area contributed by atoms with E-state index < -0.39 is 0 Å². The molecule has 0 saturated heterocycles. The number of para-hydroxylation sites is 1. The van der Waals surface area contributed by atoms with Crippen molar-refractivity contribution in [2.75, 3.05) is 0 Å². The SMILES string of the molecule is c1ccc2nc(Cc3nn[nH]n3)ccc2c1. The van der Waals surface area contributed by atoms with Crippen molar-refractivity contribution < 1.29 is 0 Å². The van der Waals surface area contributed by atoms with Crippen molar-refractivity contribution in [2.24, 2.45) is 0 Å². The summed E-state index contributed by atoms with van der Waals surface area (Å²) in [6, 6.07) is 12.1. The highest BCUT2D eigenvalue weighted by atomic mass is 15.5. The van der Waals surface area contributed by atoms with Gasteiger partial charge in [-0.3, -0.25) is 4.98 Å². The number of aromatic nitrogens is 5. The fraction of sp³-hybridized carbons (Fsp3) is 0.0909. The van der Waals surface area contributed by atoms with Crippen LogP contribution in [0.4, 0.5) is 0 Å². The summed E-state index contributed by atoms with van der Waals surface area (Å²) < 4.78 is 0. The van der Waals surface area contributed by atoms with E-state index in [9.17, 15) is 0 Å². The number of hydrogen-bond acceptors (Lipinski definition) is 4. The Morgan fingerprint density at radius 3 is 2.88 bits per heavy atom. The zero-order valence-electron chi connectivity index (χ0n) is 8.46. The van der Waals surface area contributed by atoms with E-state index in [1.165, 1.54) is 0 Å². The Morgan fingerprint density at radius 2 is 2.00 bits per heavy atom. The molecule has 5 heteroatoms. The van der Waals surface area contributed by atoms with Gasteiger partial charge in [-0.25, -0.2) is 0 Å². The molecule has 3 rings (SSSR count). The van der Waals surface area contributed by atoms with E-state index in [1.807, 2.05) is 30.3 Å². The summed E-state index contributed by atoms with van der Waals surface area (Å²) in [4.78, 5) is 4.53. The number of nitrogens with zero attached hydrogens (tertiary/aromatic N) is 4. The molecule has 5 nitrogen and oxygen atoms in total. The maximum atomic E-state index is 4.53. The van der Waals surface area contributed by atoms with Gasteiger partial charge in [0.1, 0.15) is 0 Å². The van der Waals surface area contributed by atoms with E-state index in [0.29, 0.717) is 12.2 Å². The van der Waals surface area contributed by atoms with Crippen LogP contribution < -0.4 is 0 Å². The lowest BCUT2D eigenvalue weighted by Crippen LogP contribution is -1.94. The molecule has 0 spiro atoms. The number of pyridine rings is 1. The van der Waals surface area contributed by atoms with Gasteiger partial charge in [0, 0.05) is 11.1 Å². The normalized spacial score (nSPS) is 10.8. The highest BCUT2D eigenvalue weighted by Crippen LogP contribution is 2.12. The number of rotatable bonds is 2. The molecule has 0 fully saturated rings. The molecule has 2 aromatic heterocycles. The number of nitrogens with one attached hydrogen (secondary N) is 1. The van der Waals surface area contributed by atoms with Crippen molar-refractivity contribution in [3.63, 3.8) is 0 Å². The third-order valence-corrected chi connectivity index (χ3v) is 2.38. The summed E-state index contributed by atoms with van der Waals surface area (Å²) in [6.07, 6.45) is 0.599. The molecule has 0 atom stereocenters. The van der Waals surface area contributed by atoms with Gasteiger partial charge in [-0.2, -0.15) is 5.21 Å². The summed E-state index contributed by atoms with van der Waals surface area (Å²) >= 11 is 0. The molecule has 0 saturated carbocycles. The molecular weight excluding hydrogens is 202 g/mol.